The summed E-state index contributed by atoms with van der Waals surface area (Å²) in [5.41, 5.74) is 13.6. The number of hydrogen-bond acceptors (Lipinski definition) is 1. The fourth-order valence-electron chi connectivity index (χ4n) is 7.14. The lowest BCUT2D eigenvalue weighted by Crippen LogP contribution is -2.31. The van der Waals surface area contributed by atoms with Gasteiger partial charge in [-0.1, -0.05) is 203 Å². The molecule has 3 aromatic rings. The van der Waals surface area contributed by atoms with Crippen LogP contribution in [0.3, 0.4) is 0 Å². The lowest BCUT2D eigenvalue weighted by Gasteiger charge is -2.40. The molecule has 0 radical (unpaired) electrons. The minimum atomic E-state index is -0.692. The van der Waals surface area contributed by atoms with E-state index in [1.165, 1.54) is 50.2 Å². The Morgan fingerprint density at radius 2 is 0.600 bits per heavy atom. The molecule has 1 nitrogen and oxygen atoms in total. The van der Waals surface area contributed by atoms with Crippen LogP contribution in [-0.2, 0) is 43.3 Å². The molecule has 0 heterocycles. The molecule has 0 aliphatic rings. The topological polar surface area (TPSA) is 3.24 Å². The zero-order chi connectivity index (χ0) is 42.9. The Hall–Kier alpha value is -1.25. The summed E-state index contributed by atoms with van der Waals surface area (Å²) in [5, 5.41) is 3.20. The van der Waals surface area contributed by atoms with Crippen molar-refractivity contribution in [1.82, 2.24) is 0 Å². The second-order valence-electron chi connectivity index (χ2n) is 24.7. The zero-order valence-electron chi connectivity index (χ0n) is 40.4. The molecule has 2 atom stereocenters. The Bertz CT molecular complexity index is 1660. The quantitative estimate of drug-likeness (QED) is 0.224. The molecule has 0 aliphatic carbocycles. The molecule has 0 aliphatic heterocycles. The summed E-state index contributed by atoms with van der Waals surface area (Å²) in [6, 6.07) is 17.8. The van der Waals surface area contributed by atoms with Gasteiger partial charge in [-0.25, -0.2) is 0 Å². The molecule has 308 valence electrons. The molecule has 0 spiro atoms. The number of hydrogen-bond donors (Lipinski definition) is 0. The van der Waals surface area contributed by atoms with Crippen LogP contribution in [0.1, 0.15) is 211 Å². The summed E-state index contributed by atoms with van der Waals surface area (Å²) < 4.78 is 2.78. The molecule has 0 saturated heterocycles. The molecule has 0 N–H and O–H groups in total. The van der Waals surface area contributed by atoms with E-state index in [1.807, 2.05) is 0 Å². The Morgan fingerprint density at radius 3 is 0.836 bits per heavy atom. The summed E-state index contributed by atoms with van der Waals surface area (Å²) in [6.45, 7) is 57.8. The van der Waals surface area contributed by atoms with Gasteiger partial charge in [0.2, 0.25) is 0 Å². The molecule has 3 aromatic carbocycles. The first-order chi connectivity index (χ1) is 24.3. The van der Waals surface area contributed by atoms with Crippen molar-refractivity contribution in [1.29, 1.82) is 0 Å². The Labute approximate surface area is 347 Å². The van der Waals surface area contributed by atoms with E-state index in [0.29, 0.717) is 16.5 Å². The molecule has 3 rings (SSSR count). The van der Waals surface area contributed by atoms with Gasteiger partial charge in [0.15, 0.2) is 0 Å². The minimum absolute atomic E-state index is 0.00106. The van der Waals surface area contributed by atoms with Crippen LogP contribution in [0.2, 0.25) is 0 Å². The summed E-state index contributed by atoms with van der Waals surface area (Å²) in [6.07, 6.45) is 0. The maximum atomic E-state index is 2.78. The molecular formula is C51H84NP3. The predicted octanol–water partition coefficient (Wildman–Crippen LogP) is 15.7. The number of rotatable bonds is 6. The van der Waals surface area contributed by atoms with E-state index < -0.39 is 7.45 Å². The standard InChI is InChI=1S/C51H84NP3/c1-44(2,3)33-26-27-41(36(28-33)47(10,11)12)52(25)55(53-42-37(48(13,14)15)29-34(45(4,5)6)30-38(42)49(16,17)18)54-43-39(50(19,20)21)31-35(46(7,8)9)32-40(43)51(22,23)24/h26-32,53-54H,1-25H3. The molecule has 2 unspecified atom stereocenters. The van der Waals surface area contributed by atoms with Gasteiger partial charge in [0.05, 0.1) is 0 Å². The maximum absolute atomic E-state index is 2.78. The largest absolute Gasteiger partial charge is 0.346 e. The van der Waals surface area contributed by atoms with Crippen LogP contribution < -0.4 is 15.3 Å². The molecule has 0 aromatic heterocycles. The third kappa shape index (κ3) is 11.7. The molecule has 0 bridgehead atoms. The second-order valence-corrected chi connectivity index (χ2v) is 32.6. The first-order valence-corrected chi connectivity index (χ1v) is 25.8. The lowest BCUT2D eigenvalue weighted by molar-refractivity contribution is 0.553. The van der Waals surface area contributed by atoms with Crippen LogP contribution >= 0.6 is 24.0 Å². The monoisotopic (exact) mass is 804 g/mol. The first kappa shape index (κ1) is 48.1. The van der Waals surface area contributed by atoms with Crippen molar-refractivity contribution in [3.8, 4) is 0 Å². The Kier molecular flexibility index (Phi) is 13.8. The molecule has 0 amide bonds. The average Bonchev–Trinajstić information content (AvgIpc) is 2.95. The second kappa shape index (κ2) is 15.7. The van der Waals surface area contributed by atoms with Crippen LogP contribution in [0.15, 0.2) is 42.5 Å². The number of anilines is 1. The Balaban J connectivity index is 2.59. The van der Waals surface area contributed by atoms with E-state index in [-0.39, 0.29) is 43.3 Å². The van der Waals surface area contributed by atoms with Gasteiger partial charge in [0, 0.05) is 20.2 Å². The van der Waals surface area contributed by atoms with E-state index in [4.69, 9.17) is 0 Å². The van der Waals surface area contributed by atoms with Crippen LogP contribution in [0.5, 0.6) is 0 Å². The third-order valence-electron chi connectivity index (χ3n) is 11.0. The van der Waals surface area contributed by atoms with Gasteiger partial charge in [-0.3, -0.25) is 0 Å². The maximum Gasteiger partial charge on any atom is 0.0439 e. The molecule has 55 heavy (non-hydrogen) atoms. The van der Waals surface area contributed by atoms with Crippen molar-refractivity contribution < 1.29 is 0 Å². The minimum Gasteiger partial charge on any atom is -0.346 e. The summed E-state index contributed by atoms with van der Waals surface area (Å²) in [5.74, 6) is 0. The average molecular weight is 804 g/mol. The van der Waals surface area contributed by atoms with Gasteiger partial charge >= 0.3 is 0 Å². The van der Waals surface area contributed by atoms with Gasteiger partial charge < -0.3 is 4.67 Å². The Morgan fingerprint density at radius 1 is 0.345 bits per heavy atom. The van der Waals surface area contributed by atoms with Crippen molar-refractivity contribution >= 4 is 40.3 Å². The summed E-state index contributed by atoms with van der Waals surface area (Å²) >= 11 is 0. The van der Waals surface area contributed by atoms with E-state index in [2.05, 4.69) is 220 Å². The van der Waals surface area contributed by atoms with Gasteiger partial charge in [-0.15, -0.1) is 0 Å². The van der Waals surface area contributed by atoms with Gasteiger partial charge in [0.25, 0.3) is 0 Å². The van der Waals surface area contributed by atoms with Crippen LogP contribution in [0.25, 0.3) is 0 Å². The SMILES string of the molecule is CN(c1ccc(C(C)(C)C)cc1C(C)(C)C)P(Pc1c(C(C)(C)C)cc(C(C)(C)C)cc1C(C)(C)C)Pc1c(C(C)(C)C)cc(C(C)(C)C)cc1C(C)(C)C. The van der Waals surface area contributed by atoms with Crippen LogP contribution in [0.4, 0.5) is 5.69 Å². The molecule has 4 heteroatoms. The van der Waals surface area contributed by atoms with Crippen LogP contribution in [-0.4, -0.2) is 7.05 Å². The van der Waals surface area contributed by atoms with E-state index in [9.17, 15) is 0 Å². The van der Waals surface area contributed by atoms with Crippen LogP contribution in [0, 0.1) is 0 Å². The van der Waals surface area contributed by atoms with E-state index in [0.717, 1.165) is 0 Å². The fraction of sp³-hybridized carbons (Fsp3) is 0.647. The third-order valence-corrected chi connectivity index (χ3v) is 20.2. The fourth-order valence-corrected chi connectivity index (χ4v) is 17.5. The highest BCUT2D eigenvalue weighted by Gasteiger charge is 2.36. The molecular weight excluding hydrogens is 719 g/mol. The van der Waals surface area contributed by atoms with Gasteiger partial charge in [0.1, 0.15) is 0 Å². The zero-order valence-corrected chi connectivity index (χ0v) is 43.3. The van der Waals surface area contributed by atoms with E-state index in [1.54, 1.807) is 10.6 Å². The normalized spacial score (nSPS) is 15.1. The smallest absolute Gasteiger partial charge is 0.0439 e. The van der Waals surface area contributed by atoms with Gasteiger partial charge in [-0.05, 0) is 121 Å². The lowest BCUT2D eigenvalue weighted by atomic mass is 9.75. The highest BCUT2D eigenvalue weighted by Crippen LogP contribution is 2.73. The number of nitrogens with zero attached hydrogens (tertiary/aromatic N) is 1. The van der Waals surface area contributed by atoms with Gasteiger partial charge in [-0.2, -0.15) is 0 Å². The highest BCUT2D eigenvalue weighted by atomic mass is 32.4. The highest BCUT2D eigenvalue weighted by molar-refractivity contribution is 8.55. The van der Waals surface area contributed by atoms with Crippen molar-refractivity contribution in [2.45, 2.75) is 209 Å². The summed E-state index contributed by atoms with van der Waals surface area (Å²) in [7, 11) is 3.09. The summed E-state index contributed by atoms with van der Waals surface area (Å²) in [4.78, 5) is 0. The number of benzene rings is 3. The van der Waals surface area contributed by atoms with Crippen molar-refractivity contribution in [2.75, 3.05) is 11.7 Å². The van der Waals surface area contributed by atoms with Crippen molar-refractivity contribution in [3.05, 3.63) is 87.0 Å². The van der Waals surface area contributed by atoms with E-state index >= 15 is 0 Å². The first-order valence-electron chi connectivity index (χ1n) is 20.9. The molecule has 0 saturated carbocycles. The predicted molar refractivity (Wildman–Crippen MR) is 260 cm³/mol. The van der Waals surface area contributed by atoms with Crippen molar-refractivity contribution in [3.63, 3.8) is 0 Å². The molecule has 0 fully saturated rings. The van der Waals surface area contributed by atoms with Crippen molar-refractivity contribution in [2.24, 2.45) is 0 Å².